The molecule has 1 amide bonds. The van der Waals surface area contributed by atoms with Crippen LogP contribution in [0.2, 0.25) is 0 Å². The second-order valence-electron chi connectivity index (χ2n) is 5.91. The minimum atomic E-state index is -0.0806. The van der Waals surface area contributed by atoms with Crippen molar-refractivity contribution < 1.29 is 9.90 Å². The van der Waals surface area contributed by atoms with E-state index < -0.39 is 0 Å². The molecule has 0 saturated carbocycles. The average Bonchev–Trinajstić information content (AvgIpc) is 3.23. The highest BCUT2D eigenvalue weighted by atomic mass is 16.3. The molecule has 9 heteroatoms. The normalized spacial score (nSPS) is 14.5. The fourth-order valence-electron chi connectivity index (χ4n) is 2.90. The van der Waals surface area contributed by atoms with Gasteiger partial charge in [0, 0.05) is 31.7 Å². The molecule has 4 rings (SSSR count). The van der Waals surface area contributed by atoms with Gasteiger partial charge in [0.05, 0.1) is 12.4 Å². The lowest BCUT2D eigenvalue weighted by Crippen LogP contribution is -2.49. The van der Waals surface area contributed by atoms with Gasteiger partial charge in [-0.3, -0.25) is 9.78 Å². The number of carbonyl (C=O) groups is 1. The molecule has 1 aliphatic rings. The molecular weight excluding hydrogens is 334 g/mol. The largest absolute Gasteiger partial charge is 0.508 e. The molecular formula is C17H17N7O2. The van der Waals surface area contributed by atoms with Gasteiger partial charge in [-0.1, -0.05) is 6.07 Å². The third kappa shape index (κ3) is 3.18. The van der Waals surface area contributed by atoms with Crippen molar-refractivity contribution in [3.05, 3.63) is 54.9 Å². The first-order valence-electron chi connectivity index (χ1n) is 8.21. The number of rotatable bonds is 3. The highest BCUT2D eigenvalue weighted by Crippen LogP contribution is 2.17. The summed E-state index contributed by atoms with van der Waals surface area (Å²) in [4.78, 5) is 29.1. The summed E-state index contributed by atoms with van der Waals surface area (Å²) in [5.41, 5.74) is 0.492. The van der Waals surface area contributed by atoms with E-state index in [4.69, 9.17) is 0 Å². The van der Waals surface area contributed by atoms with Crippen LogP contribution in [-0.4, -0.2) is 66.8 Å². The molecule has 9 nitrogen and oxygen atoms in total. The molecule has 0 aliphatic carbocycles. The van der Waals surface area contributed by atoms with Crippen LogP contribution in [0.4, 0.5) is 5.82 Å². The molecule has 1 saturated heterocycles. The first kappa shape index (κ1) is 16.0. The lowest BCUT2D eigenvalue weighted by atomic mass is 10.1. The number of anilines is 1. The summed E-state index contributed by atoms with van der Waals surface area (Å²) >= 11 is 0. The number of hydrogen-bond donors (Lipinski definition) is 1. The second-order valence-corrected chi connectivity index (χ2v) is 5.91. The molecule has 0 radical (unpaired) electrons. The van der Waals surface area contributed by atoms with Crippen molar-refractivity contribution >= 4 is 11.7 Å². The number of carbonyl (C=O) groups excluding carboxylic acids is 1. The Kier molecular flexibility index (Phi) is 4.18. The topological polar surface area (TPSA) is 100 Å². The van der Waals surface area contributed by atoms with Gasteiger partial charge in [0.2, 0.25) is 0 Å². The number of phenolic OH excluding ortho intramolecular Hbond substituents is 1. The minimum absolute atomic E-state index is 0.0806. The lowest BCUT2D eigenvalue weighted by molar-refractivity contribution is 0.0746. The number of piperazine rings is 1. The fourth-order valence-corrected chi connectivity index (χ4v) is 2.90. The number of amides is 1. The van der Waals surface area contributed by atoms with Crippen LogP contribution in [0.3, 0.4) is 0 Å². The van der Waals surface area contributed by atoms with Gasteiger partial charge < -0.3 is 14.9 Å². The van der Waals surface area contributed by atoms with Gasteiger partial charge in [-0.05, 0) is 18.2 Å². The second kappa shape index (κ2) is 6.79. The van der Waals surface area contributed by atoms with E-state index in [1.54, 1.807) is 46.5 Å². The lowest BCUT2D eigenvalue weighted by Gasteiger charge is -2.35. The summed E-state index contributed by atoms with van der Waals surface area (Å²) < 4.78 is 1.55. The van der Waals surface area contributed by atoms with Crippen LogP contribution in [0.5, 0.6) is 5.75 Å². The van der Waals surface area contributed by atoms with Crippen molar-refractivity contribution in [3.8, 4) is 11.6 Å². The fraction of sp³-hybridized carbons (Fsp3) is 0.235. The molecule has 1 N–H and O–H groups in total. The van der Waals surface area contributed by atoms with E-state index >= 15 is 0 Å². The van der Waals surface area contributed by atoms with Crippen LogP contribution in [0.25, 0.3) is 5.82 Å². The Balaban J connectivity index is 1.44. The van der Waals surface area contributed by atoms with Crippen molar-refractivity contribution in [2.24, 2.45) is 0 Å². The number of aromatic hydroxyl groups is 1. The van der Waals surface area contributed by atoms with Crippen LogP contribution in [-0.2, 0) is 0 Å². The van der Waals surface area contributed by atoms with Gasteiger partial charge in [0.1, 0.15) is 24.2 Å². The summed E-state index contributed by atoms with van der Waals surface area (Å²) in [6.07, 6.45) is 6.34. The average molecular weight is 351 g/mol. The van der Waals surface area contributed by atoms with E-state index in [1.165, 1.54) is 12.4 Å². The summed E-state index contributed by atoms with van der Waals surface area (Å²) in [5.74, 6) is 1.35. The highest BCUT2D eigenvalue weighted by Gasteiger charge is 2.23. The molecule has 1 fully saturated rings. The minimum Gasteiger partial charge on any atom is -0.508 e. The van der Waals surface area contributed by atoms with E-state index in [-0.39, 0.29) is 11.7 Å². The quantitative estimate of drug-likeness (QED) is 0.742. The van der Waals surface area contributed by atoms with E-state index in [0.29, 0.717) is 37.6 Å². The first-order valence-corrected chi connectivity index (χ1v) is 8.21. The van der Waals surface area contributed by atoms with Gasteiger partial charge in [-0.2, -0.15) is 5.10 Å². The molecule has 2 aromatic heterocycles. The van der Waals surface area contributed by atoms with Crippen molar-refractivity contribution in [2.45, 2.75) is 0 Å². The molecule has 0 spiro atoms. The molecule has 0 unspecified atom stereocenters. The van der Waals surface area contributed by atoms with Gasteiger partial charge in [-0.15, -0.1) is 0 Å². The number of aromatic nitrogens is 5. The molecule has 132 valence electrons. The van der Waals surface area contributed by atoms with Gasteiger partial charge in [-0.25, -0.2) is 14.6 Å². The third-order valence-corrected chi connectivity index (χ3v) is 4.25. The Labute approximate surface area is 149 Å². The van der Waals surface area contributed by atoms with Crippen molar-refractivity contribution in [1.29, 1.82) is 0 Å². The summed E-state index contributed by atoms with van der Waals surface area (Å²) in [7, 11) is 0. The smallest absolute Gasteiger partial charge is 0.254 e. The van der Waals surface area contributed by atoms with Gasteiger partial charge >= 0.3 is 0 Å². The van der Waals surface area contributed by atoms with Gasteiger partial charge in [0.15, 0.2) is 5.82 Å². The van der Waals surface area contributed by atoms with E-state index in [9.17, 15) is 9.90 Å². The zero-order valence-electron chi connectivity index (χ0n) is 13.9. The van der Waals surface area contributed by atoms with Crippen molar-refractivity contribution in [2.75, 3.05) is 31.1 Å². The Hall–Kier alpha value is -3.49. The van der Waals surface area contributed by atoms with E-state index in [2.05, 4.69) is 25.0 Å². The van der Waals surface area contributed by atoms with Crippen LogP contribution in [0, 0.1) is 0 Å². The predicted octanol–water partition coefficient (Wildman–Crippen LogP) is 0.725. The van der Waals surface area contributed by atoms with Crippen LogP contribution < -0.4 is 4.90 Å². The zero-order valence-corrected chi connectivity index (χ0v) is 13.9. The summed E-state index contributed by atoms with van der Waals surface area (Å²) in [5, 5.41) is 13.6. The monoisotopic (exact) mass is 351 g/mol. The van der Waals surface area contributed by atoms with E-state index in [0.717, 1.165) is 5.82 Å². The number of phenols is 1. The van der Waals surface area contributed by atoms with Crippen LogP contribution in [0.1, 0.15) is 10.4 Å². The highest BCUT2D eigenvalue weighted by molar-refractivity contribution is 5.94. The molecule has 0 bridgehead atoms. The maximum absolute atomic E-state index is 12.6. The predicted molar refractivity (Wildman–Crippen MR) is 93.2 cm³/mol. The Morgan fingerprint density at radius 2 is 1.85 bits per heavy atom. The molecule has 26 heavy (non-hydrogen) atoms. The molecule has 1 aromatic carbocycles. The molecule has 1 aliphatic heterocycles. The summed E-state index contributed by atoms with van der Waals surface area (Å²) in [6, 6.07) is 6.42. The maximum Gasteiger partial charge on any atom is 0.254 e. The van der Waals surface area contributed by atoms with Gasteiger partial charge in [0.25, 0.3) is 5.91 Å². The molecule has 3 aromatic rings. The van der Waals surface area contributed by atoms with Crippen LogP contribution >= 0.6 is 0 Å². The maximum atomic E-state index is 12.6. The molecule has 3 heterocycles. The third-order valence-electron chi connectivity index (χ3n) is 4.25. The number of nitrogens with zero attached hydrogens (tertiary/aromatic N) is 7. The number of benzene rings is 1. The van der Waals surface area contributed by atoms with Crippen LogP contribution in [0.15, 0.2) is 49.3 Å². The number of hydrogen-bond acceptors (Lipinski definition) is 7. The first-order chi connectivity index (χ1) is 12.7. The SMILES string of the molecule is O=C(c1cccc(O)c1)N1CCN(c2cncc(-n3cncn3)n2)CC1. The Bertz CT molecular complexity index is 905. The summed E-state index contributed by atoms with van der Waals surface area (Å²) in [6.45, 7) is 2.45. The zero-order chi connectivity index (χ0) is 17.9. The Morgan fingerprint density at radius 1 is 1.04 bits per heavy atom. The Morgan fingerprint density at radius 3 is 2.58 bits per heavy atom. The van der Waals surface area contributed by atoms with Crippen molar-refractivity contribution in [3.63, 3.8) is 0 Å². The van der Waals surface area contributed by atoms with Crippen molar-refractivity contribution in [1.82, 2.24) is 29.6 Å². The molecule has 0 atom stereocenters. The van der Waals surface area contributed by atoms with E-state index in [1.807, 2.05) is 0 Å². The standard InChI is InChI=1S/C17H17N7O2/c25-14-3-1-2-13(8-14)17(26)23-6-4-22(5-7-23)15-9-18-10-16(21-15)24-12-19-11-20-24/h1-3,8-12,25H,4-7H2.